The van der Waals surface area contributed by atoms with E-state index in [2.05, 4.69) is 170 Å². The van der Waals surface area contributed by atoms with Crippen molar-refractivity contribution in [3.8, 4) is 56.2 Å². The van der Waals surface area contributed by atoms with Gasteiger partial charge in [0.15, 0.2) is 17.5 Å². The topological polar surface area (TPSA) is 38.7 Å². The number of hydrogen-bond acceptors (Lipinski definition) is 4. The van der Waals surface area contributed by atoms with Gasteiger partial charge in [0.2, 0.25) is 0 Å². The van der Waals surface area contributed by atoms with Gasteiger partial charge in [-0.05, 0) is 87.2 Å². The average Bonchev–Trinajstić information content (AvgIpc) is 3.66. The number of hydrogen-bond donors (Lipinski definition) is 0. The molecule has 0 bridgehead atoms. The van der Waals surface area contributed by atoms with Crippen LogP contribution in [0, 0.1) is 0 Å². The van der Waals surface area contributed by atoms with Crippen LogP contribution in [-0.4, -0.2) is 15.0 Å². The Labute approximate surface area is 324 Å². The summed E-state index contributed by atoms with van der Waals surface area (Å²) in [6.45, 7) is 0. The van der Waals surface area contributed by atoms with Crippen molar-refractivity contribution >= 4 is 42.7 Å². The molecule has 0 saturated carbocycles. The second-order valence-electron chi connectivity index (χ2n) is 13.9. The molecule has 0 saturated heterocycles. The Morgan fingerprint density at radius 2 is 0.800 bits per heavy atom. The average molecular weight is 722 g/mol. The Morgan fingerprint density at radius 1 is 0.345 bits per heavy atom. The van der Waals surface area contributed by atoms with Crippen molar-refractivity contribution in [2.75, 3.05) is 0 Å². The van der Waals surface area contributed by atoms with E-state index < -0.39 is 0 Å². The highest BCUT2D eigenvalue weighted by atomic mass is 32.1. The Bertz CT molecular complexity index is 2920. The van der Waals surface area contributed by atoms with E-state index in [4.69, 9.17) is 15.0 Å². The van der Waals surface area contributed by atoms with Crippen LogP contribution in [0.2, 0.25) is 0 Å². The lowest BCUT2D eigenvalue weighted by Crippen LogP contribution is -2.04. The highest BCUT2D eigenvalue weighted by Crippen LogP contribution is 2.41. The van der Waals surface area contributed by atoms with Gasteiger partial charge in [0.1, 0.15) is 0 Å². The van der Waals surface area contributed by atoms with E-state index in [1.165, 1.54) is 53.6 Å². The van der Waals surface area contributed by atoms with Crippen LogP contribution in [-0.2, 0) is 0 Å². The molecule has 1 aliphatic rings. The van der Waals surface area contributed by atoms with Crippen molar-refractivity contribution in [1.82, 2.24) is 15.0 Å². The van der Waals surface area contributed by atoms with Crippen LogP contribution < -0.4 is 0 Å². The lowest BCUT2D eigenvalue weighted by atomic mass is 9.92. The van der Waals surface area contributed by atoms with Gasteiger partial charge in [0.05, 0.1) is 0 Å². The Morgan fingerprint density at radius 3 is 1.45 bits per heavy atom. The quantitative estimate of drug-likeness (QED) is 0.164. The number of rotatable bonds is 7. The SMILES string of the molecule is C1=C(c2nc(-c3ccccc3)nc(-c3cccc(-c4cccc(-c5cccc(-c6ccccc6)c5)c4)c3)n2)CCC(c2cccc3c2sc2ccccc23)=C1. The maximum Gasteiger partial charge on any atom is 0.164 e. The first-order chi connectivity index (χ1) is 27.2. The lowest BCUT2D eigenvalue weighted by Gasteiger charge is -2.16. The number of nitrogens with zero attached hydrogens (tertiary/aromatic N) is 3. The largest absolute Gasteiger partial charge is 0.209 e. The van der Waals surface area contributed by atoms with Gasteiger partial charge in [-0.25, -0.2) is 15.0 Å². The number of aromatic nitrogens is 3. The van der Waals surface area contributed by atoms with Crippen LogP contribution in [0.3, 0.4) is 0 Å². The van der Waals surface area contributed by atoms with Crippen LogP contribution in [0.4, 0.5) is 0 Å². The van der Waals surface area contributed by atoms with E-state index in [0.717, 1.165) is 46.5 Å². The molecule has 0 unspecified atom stereocenters. The van der Waals surface area contributed by atoms with Crippen molar-refractivity contribution in [2.24, 2.45) is 0 Å². The Balaban J connectivity index is 1.01. The molecule has 2 aromatic heterocycles. The predicted octanol–water partition coefficient (Wildman–Crippen LogP) is 13.8. The molecule has 0 fully saturated rings. The van der Waals surface area contributed by atoms with Crippen molar-refractivity contribution < 1.29 is 0 Å². The Kier molecular flexibility index (Phi) is 8.51. The fourth-order valence-electron chi connectivity index (χ4n) is 7.64. The molecule has 1 aliphatic carbocycles. The number of allylic oxidation sites excluding steroid dienone is 4. The predicted molar refractivity (Wildman–Crippen MR) is 232 cm³/mol. The number of benzene rings is 7. The molecular weight excluding hydrogens is 687 g/mol. The third-order valence-electron chi connectivity index (χ3n) is 10.5. The first kappa shape index (κ1) is 32.9. The van der Waals surface area contributed by atoms with Gasteiger partial charge in [0, 0.05) is 31.3 Å². The van der Waals surface area contributed by atoms with Crippen LogP contribution in [0.15, 0.2) is 188 Å². The molecular formula is C51H35N3S. The van der Waals surface area contributed by atoms with Gasteiger partial charge in [-0.2, -0.15) is 0 Å². The van der Waals surface area contributed by atoms with Crippen LogP contribution in [0.1, 0.15) is 24.2 Å². The van der Waals surface area contributed by atoms with Gasteiger partial charge < -0.3 is 0 Å². The van der Waals surface area contributed by atoms with E-state index in [0.29, 0.717) is 11.6 Å². The third kappa shape index (κ3) is 6.47. The molecule has 2 heterocycles. The molecule has 0 spiro atoms. The smallest absolute Gasteiger partial charge is 0.164 e. The number of thiophene rings is 1. The molecule has 0 radical (unpaired) electrons. The van der Waals surface area contributed by atoms with Crippen LogP contribution in [0.5, 0.6) is 0 Å². The van der Waals surface area contributed by atoms with Crippen molar-refractivity contribution in [3.05, 3.63) is 199 Å². The zero-order valence-electron chi connectivity index (χ0n) is 30.1. The van der Waals surface area contributed by atoms with Gasteiger partial charge in [-0.1, -0.05) is 164 Å². The molecule has 0 N–H and O–H groups in total. The Hall–Kier alpha value is -6.75. The summed E-state index contributed by atoms with van der Waals surface area (Å²) in [7, 11) is 0. The zero-order chi connectivity index (χ0) is 36.6. The maximum atomic E-state index is 5.15. The molecule has 3 nitrogen and oxygen atoms in total. The summed E-state index contributed by atoms with van der Waals surface area (Å²) in [4.78, 5) is 15.3. The van der Waals surface area contributed by atoms with Gasteiger partial charge in [0.25, 0.3) is 0 Å². The monoisotopic (exact) mass is 721 g/mol. The molecule has 4 heteroatoms. The minimum absolute atomic E-state index is 0.670. The number of fused-ring (bicyclic) bond motifs is 3. The second kappa shape index (κ2) is 14.2. The molecule has 9 aromatic rings. The normalized spacial score (nSPS) is 12.8. The van der Waals surface area contributed by atoms with E-state index >= 15 is 0 Å². The zero-order valence-corrected chi connectivity index (χ0v) is 30.9. The second-order valence-corrected chi connectivity index (χ2v) is 15.0. The van der Waals surface area contributed by atoms with E-state index in [1.807, 2.05) is 29.5 Å². The van der Waals surface area contributed by atoms with Crippen LogP contribution >= 0.6 is 11.3 Å². The minimum Gasteiger partial charge on any atom is -0.209 e. The summed E-state index contributed by atoms with van der Waals surface area (Å²) < 4.78 is 2.68. The standard InChI is InChI=1S/C51H35N3S/c1-3-13-34(14-4-1)38-17-9-18-39(31-38)40-19-10-20-41(32-40)42-21-11-22-43(33-42)51-53-49(36-15-5-2-6-16-36)52-50(54-51)37-29-27-35(28-30-37)44-24-12-25-46-45-23-7-8-26-47(45)55-48(44)46/h1-27,29,31-33H,28,30H2. The summed E-state index contributed by atoms with van der Waals surface area (Å²) in [5.41, 5.74) is 12.8. The van der Waals surface area contributed by atoms with E-state index in [-0.39, 0.29) is 0 Å². The molecule has 10 rings (SSSR count). The lowest BCUT2D eigenvalue weighted by molar-refractivity contribution is 0.985. The summed E-state index contributed by atoms with van der Waals surface area (Å²) in [6.07, 6.45) is 6.25. The summed E-state index contributed by atoms with van der Waals surface area (Å²) in [6, 6.07) is 62.3. The fourth-order valence-corrected chi connectivity index (χ4v) is 8.89. The highest BCUT2D eigenvalue weighted by molar-refractivity contribution is 7.26. The van der Waals surface area contributed by atoms with Crippen LogP contribution in [0.25, 0.3) is 87.5 Å². The van der Waals surface area contributed by atoms with Gasteiger partial charge >= 0.3 is 0 Å². The molecule has 0 amide bonds. The first-order valence-corrected chi connectivity index (χ1v) is 19.5. The first-order valence-electron chi connectivity index (χ1n) is 18.7. The molecule has 7 aromatic carbocycles. The maximum absolute atomic E-state index is 5.15. The summed E-state index contributed by atoms with van der Waals surface area (Å²) in [5.74, 6) is 2.07. The highest BCUT2D eigenvalue weighted by Gasteiger charge is 2.19. The van der Waals surface area contributed by atoms with Gasteiger partial charge in [-0.3, -0.25) is 0 Å². The summed E-state index contributed by atoms with van der Waals surface area (Å²) >= 11 is 1.88. The van der Waals surface area contributed by atoms with Gasteiger partial charge in [-0.15, -0.1) is 11.3 Å². The molecule has 55 heavy (non-hydrogen) atoms. The fraction of sp³-hybridized carbons (Fsp3) is 0.0392. The van der Waals surface area contributed by atoms with Crippen molar-refractivity contribution in [3.63, 3.8) is 0 Å². The molecule has 0 atom stereocenters. The van der Waals surface area contributed by atoms with Crippen molar-refractivity contribution in [2.45, 2.75) is 12.8 Å². The minimum atomic E-state index is 0.670. The third-order valence-corrected chi connectivity index (χ3v) is 11.7. The molecule has 0 aliphatic heterocycles. The van der Waals surface area contributed by atoms with E-state index in [1.54, 1.807) is 0 Å². The summed E-state index contributed by atoms with van der Waals surface area (Å²) in [5, 5.41) is 2.66. The van der Waals surface area contributed by atoms with Crippen molar-refractivity contribution in [1.29, 1.82) is 0 Å². The van der Waals surface area contributed by atoms with E-state index in [9.17, 15) is 0 Å². The molecule has 260 valence electrons.